The van der Waals surface area contributed by atoms with Crippen molar-refractivity contribution in [3.8, 4) is 0 Å². The number of carbonyl (C=O) groups excluding carboxylic acids is 1. The molecule has 2 heterocycles. The quantitative estimate of drug-likeness (QED) is 0.165. The Balaban J connectivity index is 1.33. The number of sulfonamides is 1. The predicted molar refractivity (Wildman–Crippen MR) is 166 cm³/mol. The minimum Gasteiger partial charge on any atom is -0.267 e. The third-order valence-corrected chi connectivity index (χ3v) is 9.88. The second-order valence-electron chi connectivity index (χ2n) is 10.1. The van der Waals surface area contributed by atoms with E-state index >= 15 is 0 Å². The number of aromatic nitrogens is 1. The lowest BCUT2D eigenvalue weighted by molar-refractivity contribution is 0.0987. The highest BCUT2D eigenvalue weighted by molar-refractivity contribution is 7.92. The molecule has 1 aliphatic rings. The predicted octanol–water partition coefficient (Wildman–Crippen LogP) is 6.74. The van der Waals surface area contributed by atoms with Crippen molar-refractivity contribution in [2.75, 3.05) is 15.9 Å². The number of rotatable bonds is 6. The summed E-state index contributed by atoms with van der Waals surface area (Å²) >= 11 is 1.38. The maximum absolute atomic E-state index is 13.8. The molecule has 206 valence electrons. The van der Waals surface area contributed by atoms with Crippen LogP contribution in [0.2, 0.25) is 0 Å². The number of aryl methyl sites for hydroxylation is 3. The fourth-order valence-corrected chi connectivity index (χ4v) is 7.40. The molecule has 0 N–H and O–H groups in total. The number of nitrogens with zero attached hydrogens (tertiary/aromatic N) is 4. The Hall–Kier alpha value is -4.34. The van der Waals surface area contributed by atoms with E-state index in [4.69, 9.17) is 0 Å². The second-order valence-corrected chi connectivity index (χ2v) is 12.9. The summed E-state index contributed by atoms with van der Waals surface area (Å²) in [7, 11) is -3.79. The maximum atomic E-state index is 13.8. The molecule has 0 fully saturated rings. The molecule has 6 rings (SSSR count). The Morgan fingerprint density at radius 1 is 0.951 bits per heavy atom. The van der Waals surface area contributed by atoms with E-state index < -0.39 is 15.9 Å². The van der Waals surface area contributed by atoms with Crippen LogP contribution < -0.4 is 9.31 Å². The number of fused-ring (bicyclic) bond motifs is 2. The first-order chi connectivity index (χ1) is 19.8. The number of hydrogen-bond donors (Lipinski definition) is 0. The van der Waals surface area contributed by atoms with Gasteiger partial charge >= 0.3 is 0 Å². The normalized spacial score (nSPS) is 13.5. The molecule has 0 aliphatic carbocycles. The molecule has 41 heavy (non-hydrogen) atoms. The smallest absolute Gasteiger partial charge is 0.267 e. The molecule has 0 bridgehead atoms. The molecule has 9 heteroatoms. The van der Waals surface area contributed by atoms with Crippen molar-refractivity contribution >= 4 is 54.5 Å². The third kappa shape index (κ3) is 5.38. The first-order valence-electron chi connectivity index (χ1n) is 13.3. The highest BCUT2D eigenvalue weighted by Gasteiger charge is 2.29. The van der Waals surface area contributed by atoms with Gasteiger partial charge in [-0.05, 0) is 85.8 Å². The molecular weight excluding hydrogens is 553 g/mol. The van der Waals surface area contributed by atoms with Gasteiger partial charge in [0.15, 0.2) is 0 Å². The Labute approximate surface area is 243 Å². The van der Waals surface area contributed by atoms with Crippen LogP contribution >= 0.6 is 11.3 Å². The Morgan fingerprint density at radius 2 is 1.68 bits per heavy atom. The number of para-hydroxylation sites is 1. The van der Waals surface area contributed by atoms with Crippen LogP contribution in [0.25, 0.3) is 10.2 Å². The zero-order valence-electron chi connectivity index (χ0n) is 22.7. The van der Waals surface area contributed by atoms with Crippen LogP contribution in [0.15, 0.2) is 101 Å². The van der Waals surface area contributed by atoms with Gasteiger partial charge in [0.05, 0.1) is 27.0 Å². The van der Waals surface area contributed by atoms with E-state index in [-0.39, 0.29) is 4.90 Å². The lowest BCUT2D eigenvalue weighted by atomic mass is 10.0. The van der Waals surface area contributed by atoms with Crippen molar-refractivity contribution in [2.24, 2.45) is 5.10 Å². The van der Waals surface area contributed by atoms with E-state index in [0.29, 0.717) is 22.9 Å². The van der Waals surface area contributed by atoms with Gasteiger partial charge in [-0.2, -0.15) is 10.1 Å². The van der Waals surface area contributed by atoms with E-state index in [0.717, 1.165) is 45.3 Å². The average Bonchev–Trinajstić information content (AvgIpc) is 3.40. The van der Waals surface area contributed by atoms with Gasteiger partial charge in [-0.1, -0.05) is 65.4 Å². The summed E-state index contributed by atoms with van der Waals surface area (Å²) < 4.78 is 29.6. The largest absolute Gasteiger partial charge is 0.280 e. The summed E-state index contributed by atoms with van der Waals surface area (Å²) in [6.45, 7) is 4.43. The molecule has 1 aromatic heterocycles. The first-order valence-corrected chi connectivity index (χ1v) is 15.6. The van der Waals surface area contributed by atoms with Gasteiger partial charge in [0.2, 0.25) is 5.13 Å². The van der Waals surface area contributed by atoms with E-state index in [1.165, 1.54) is 44.9 Å². The highest BCUT2D eigenvalue weighted by Crippen LogP contribution is 2.33. The molecule has 0 spiro atoms. The second kappa shape index (κ2) is 10.9. The van der Waals surface area contributed by atoms with Crippen LogP contribution in [0.4, 0.5) is 10.8 Å². The summed E-state index contributed by atoms with van der Waals surface area (Å²) in [4.78, 5) is 18.6. The first kappa shape index (κ1) is 26.9. The minimum atomic E-state index is -3.79. The molecule has 0 saturated heterocycles. The summed E-state index contributed by atoms with van der Waals surface area (Å²) in [5.74, 6) is -0.406. The van der Waals surface area contributed by atoms with Gasteiger partial charge in [-0.25, -0.2) is 13.4 Å². The molecule has 0 saturated carbocycles. The fraction of sp³-hybridized carbons (Fsp3) is 0.156. The Bertz CT molecular complexity index is 1880. The molecule has 1 amide bonds. The van der Waals surface area contributed by atoms with Crippen molar-refractivity contribution in [1.29, 1.82) is 0 Å². The molecule has 1 aliphatic heterocycles. The van der Waals surface area contributed by atoms with Gasteiger partial charge in [-0.15, -0.1) is 0 Å². The van der Waals surface area contributed by atoms with Gasteiger partial charge in [0.1, 0.15) is 0 Å². The lowest BCUT2D eigenvalue weighted by Crippen LogP contribution is -2.35. The molecule has 0 radical (unpaired) electrons. The summed E-state index contributed by atoms with van der Waals surface area (Å²) in [6.07, 6.45) is 3.23. The van der Waals surface area contributed by atoms with Crippen molar-refractivity contribution < 1.29 is 13.2 Å². The highest BCUT2D eigenvalue weighted by atomic mass is 32.2. The SMILES string of the molecule is Cc1ccc(/C=N/N(C(=O)c2ccc(S(=O)(=O)N3CCCc4ccccc43)cc2)c2nc3ccc(C)cc3s2)cc1. The summed E-state index contributed by atoms with van der Waals surface area (Å²) in [5, 5.41) is 6.25. The van der Waals surface area contributed by atoms with Crippen LogP contribution in [0.5, 0.6) is 0 Å². The topological polar surface area (TPSA) is 82.9 Å². The number of amides is 1. The number of hydrazone groups is 1. The Kier molecular flexibility index (Phi) is 7.15. The van der Waals surface area contributed by atoms with Crippen LogP contribution in [-0.2, 0) is 16.4 Å². The van der Waals surface area contributed by atoms with Crippen LogP contribution in [0.1, 0.15) is 39.0 Å². The van der Waals surface area contributed by atoms with E-state index in [1.54, 1.807) is 6.21 Å². The molecular formula is C32H28N4O3S2. The van der Waals surface area contributed by atoms with Gasteiger partial charge in [0.25, 0.3) is 15.9 Å². The van der Waals surface area contributed by atoms with Gasteiger partial charge < -0.3 is 0 Å². The lowest BCUT2D eigenvalue weighted by Gasteiger charge is -2.30. The minimum absolute atomic E-state index is 0.135. The van der Waals surface area contributed by atoms with Crippen molar-refractivity contribution in [1.82, 2.24) is 4.98 Å². The summed E-state index contributed by atoms with van der Waals surface area (Å²) in [6, 6.07) is 27.4. The molecule has 0 atom stereocenters. The monoisotopic (exact) mass is 580 g/mol. The van der Waals surface area contributed by atoms with Gasteiger partial charge in [0, 0.05) is 12.1 Å². The summed E-state index contributed by atoms with van der Waals surface area (Å²) in [5.41, 5.74) is 5.88. The van der Waals surface area contributed by atoms with Crippen LogP contribution in [-0.4, -0.2) is 32.1 Å². The van der Waals surface area contributed by atoms with Gasteiger partial charge in [-0.3, -0.25) is 9.10 Å². The van der Waals surface area contributed by atoms with Crippen LogP contribution in [0.3, 0.4) is 0 Å². The molecule has 4 aromatic carbocycles. The van der Waals surface area contributed by atoms with E-state index in [1.807, 2.05) is 80.6 Å². The van der Waals surface area contributed by atoms with Crippen molar-refractivity contribution in [3.05, 3.63) is 119 Å². The van der Waals surface area contributed by atoms with E-state index in [9.17, 15) is 13.2 Å². The number of hydrogen-bond acceptors (Lipinski definition) is 6. The Morgan fingerprint density at radius 3 is 2.46 bits per heavy atom. The average molecular weight is 581 g/mol. The van der Waals surface area contributed by atoms with Crippen LogP contribution in [0, 0.1) is 13.8 Å². The van der Waals surface area contributed by atoms with E-state index in [2.05, 4.69) is 10.1 Å². The third-order valence-electron chi connectivity index (χ3n) is 7.06. The standard InChI is InChI=1S/C32H28N4O3S2/c1-22-9-12-24(13-10-22)21-33-36(32-34-28-18-11-23(2)20-30(28)40-32)31(37)26-14-16-27(17-15-26)41(38,39)35-19-5-7-25-6-3-4-8-29(25)35/h3-4,6,8-18,20-21H,5,7,19H2,1-2H3/b33-21+. The fourth-order valence-electron chi connectivity index (χ4n) is 4.84. The van der Waals surface area contributed by atoms with Crippen molar-refractivity contribution in [3.63, 3.8) is 0 Å². The molecule has 0 unspecified atom stereocenters. The molecule has 7 nitrogen and oxygen atoms in total. The van der Waals surface area contributed by atoms with Crippen molar-refractivity contribution in [2.45, 2.75) is 31.6 Å². The number of carbonyl (C=O) groups is 1. The zero-order valence-corrected chi connectivity index (χ0v) is 24.3. The number of anilines is 2. The zero-order chi connectivity index (χ0) is 28.6. The maximum Gasteiger partial charge on any atom is 0.280 e. The number of benzene rings is 4. The number of thiazole rings is 1. The molecule has 5 aromatic rings.